The maximum absolute atomic E-state index is 11.9. The maximum atomic E-state index is 11.9. The predicted molar refractivity (Wildman–Crippen MR) is 115 cm³/mol. The molecule has 2 rings (SSSR count). The van der Waals surface area contributed by atoms with Crippen molar-refractivity contribution in [3.8, 4) is 5.75 Å². The van der Waals surface area contributed by atoms with E-state index in [1.54, 1.807) is 42.5 Å². The highest BCUT2D eigenvalue weighted by molar-refractivity contribution is 9.11. The highest BCUT2D eigenvalue weighted by Gasteiger charge is 2.09. The molecule has 3 N–H and O–H groups in total. The van der Waals surface area contributed by atoms with Crippen LogP contribution in [0, 0.1) is 0 Å². The van der Waals surface area contributed by atoms with Crippen LogP contribution in [-0.4, -0.2) is 23.5 Å². The second-order valence-corrected chi connectivity index (χ2v) is 7.83. The number of hydrogen-bond acceptors (Lipinski definition) is 4. The van der Waals surface area contributed by atoms with E-state index in [1.807, 2.05) is 0 Å². The van der Waals surface area contributed by atoms with Gasteiger partial charge in [0, 0.05) is 9.50 Å². The molecule has 0 saturated heterocycles. The lowest BCUT2D eigenvalue weighted by atomic mass is 10.1. The number of carbonyl (C=O) groups is 2. The molecule has 0 radical (unpaired) electrons. The number of nitrogens with one attached hydrogen (secondary N) is 3. The smallest absolute Gasteiger partial charge is 0.276 e. The van der Waals surface area contributed by atoms with Gasteiger partial charge in [-0.05, 0) is 64.0 Å². The number of carbonyl (C=O) groups excluding carboxylic acids is 2. The third kappa shape index (κ3) is 7.84. The van der Waals surface area contributed by atoms with Crippen LogP contribution in [0.5, 0.6) is 5.75 Å². The fourth-order valence-electron chi connectivity index (χ4n) is 1.89. The van der Waals surface area contributed by atoms with E-state index in [0.717, 1.165) is 10.0 Å². The van der Waals surface area contributed by atoms with Gasteiger partial charge in [0.15, 0.2) is 11.7 Å². The van der Waals surface area contributed by atoms with Crippen molar-refractivity contribution in [2.75, 3.05) is 6.61 Å². The molecule has 2 amide bonds. The molecule has 0 fully saturated rings. The molecule has 10 heteroatoms. The first-order chi connectivity index (χ1) is 12.8. The van der Waals surface area contributed by atoms with Gasteiger partial charge in [-0.2, -0.15) is 0 Å². The number of thiocarbonyl (C=S) groups is 1. The molecule has 0 aliphatic carbocycles. The molecule has 0 heterocycles. The second kappa shape index (κ2) is 10.6. The molecule has 0 atom stereocenters. The minimum absolute atomic E-state index is 0.0212. The highest BCUT2D eigenvalue weighted by Crippen LogP contribution is 2.28. The van der Waals surface area contributed by atoms with Crippen molar-refractivity contribution in [3.63, 3.8) is 0 Å². The zero-order valence-electron chi connectivity index (χ0n) is 13.7. The average molecular weight is 536 g/mol. The molecule has 2 aromatic rings. The van der Waals surface area contributed by atoms with Gasteiger partial charge in [-0.25, -0.2) is 0 Å². The predicted octanol–water partition coefficient (Wildman–Crippen LogP) is 3.51. The molecule has 0 aromatic heterocycles. The number of ether oxygens (including phenoxy) is 1. The normalized spacial score (nSPS) is 10.0. The summed E-state index contributed by atoms with van der Waals surface area (Å²) in [5, 5.41) is 3.04. The van der Waals surface area contributed by atoms with Crippen molar-refractivity contribution in [3.05, 3.63) is 62.0 Å². The van der Waals surface area contributed by atoms with Crippen LogP contribution in [0.2, 0.25) is 5.02 Å². The maximum Gasteiger partial charge on any atom is 0.276 e. The molecule has 2 aromatic carbocycles. The summed E-state index contributed by atoms with van der Waals surface area (Å²) < 4.78 is 6.99. The van der Waals surface area contributed by atoms with Crippen molar-refractivity contribution in [1.82, 2.24) is 16.2 Å². The molecule has 0 bridgehead atoms. The van der Waals surface area contributed by atoms with Gasteiger partial charge in [0.2, 0.25) is 5.91 Å². The SMILES string of the molecule is O=C(COc1ccc(Br)cc1Br)NNC(=S)NC(=O)Cc1ccc(Cl)cc1. The highest BCUT2D eigenvalue weighted by atomic mass is 79.9. The van der Waals surface area contributed by atoms with E-state index in [1.165, 1.54) is 0 Å². The van der Waals surface area contributed by atoms with E-state index < -0.39 is 5.91 Å². The summed E-state index contributed by atoms with van der Waals surface area (Å²) in [5.41, 5.74) is 5.59. The summed E-state index contributed by atoms with van der Waals surface area (Å²) in [7, 11) is 0. The summed E-state index contributed by atoms with van der Waals surface area (Å²) in [6.07, 6.45) is 0.133. The van der Waals surface area contributed by atoms with Crippen LogP contribution in [0.25, 0.3) is 0 Å². The Morgan fingerprint density at radius 1 is 1.04 bits per heavy atom. The lowest BCUT2D eigenvalue weighted by Gasteiger charge is -2.12. The Kier molecular flexibility index (Phi) is 8.49. The second-order valence-electron chi connectivity index (χ2n) is 5.22. The summed E-state index contributed by atoms with van der Waals surface area (Å²) in [6.45, 7) is -0.228. The molecule has 0 unspecified atom stereocenters. The van der Waals surface area contributed by atoms with Crippen LogP contribution in [0.4, 0.5) is 0 Å². The Morgan fingerprint density at radius 2 is 1.74 bits per heavy atom. The molecule has 6 nitrogen and oxygen atoms in total. The fraction of sp³-hybridized carbons (Fsp3) is 0.118. The van der Waals surface area contributed by atoms with Crippen LogP contribution in [0.1, 0.15) is 5.56 Å². The van der Waals surface area contributed by atoms with Gasteiger partial charge in [0.1, 0.15) is 5.75 Å². The molecule has 27 heavy (non-hydrogen) atoms. The van der Waals surface area contributed by atoms with Crippen molar-refractivity contribution in [2.24, 2.45) is 0 Å². The van der Waals surface area contributed by atoms with Gasteiger partial charge in [0.05, 0.1) is 10.9 Å². The van der Waals surface area contributed by atoms with Crippen molar-refractivity contribution >= 4 is 72.6 Å². The number of hydrazine groups is 1. The van der Waals surface area contributed by atoms with Crippen molar-refractivity contribution in [2.45, 2.75) is 6.42 Å². The van der Waals surface area contributed by atoms with E-state index in [9.17, 15) is 9.59 Å². The summed E-state index contributed by atoms with van der Waals surface area (Å²) in [4.78, 5) is 23.7. The number of amides is 2. The Labute approximate surface area is 183 Å². The van der Waals surface area contributed by atoms with Crippen LogP contribution in [-0.2, 0) is 16.0 Å². The zero-order chi connectivity index (χ0) is 19.8. The first-order valence-electron chi connectivity index (χ1n) is 7.54. The Morgan fingerprint density at radius 3 is 2.41 bits per heavy atom. The van der Waals surface area contributed by atoms with Crippen LogP contribution in [0.15, 0.2) is 51.4 Å². The van der Waals surface area contributed by atoms with Crippen LogP contribution >= 0.6 is 55.7 Å². The van der Waals surface area contributed by atoms with Gasteiger partial charge < -0.3 is 10.1 Å². The lowest BCUT2D eigenvalue weighted by Crippen LogP contribution is -2.49. The van der Waals surface area contributed by atoms with Crippen molar-refractivity contribution in [1.29, 1.82) is 0 Å². The van der Waals surface area contributed by atoms with Crippen LogP contribution in [0.3, 0.4) is 0 Å². The van der Waals surface area contributed by atoms with Gasteiger partial charge in [-0.3, -0.25) is 20.4 Å². The van der Waals surface area contributed by atoms with Gasteiger partial charge in [0.25, 0.3) is 5.91 Å². The standard InChI is InChI=1S/C17H14Br2ClN3O3S/c18-11-3-6-14(13(19)8-11)26-9-16(25)22-23-17(27)21-15(24)7-10-1-4-12(20)5-2-10/h1-6,8H,7,9H2,(H,22,25)(H2,21,23,24,27). The average Bonchev–Trinajstić information content (AvgIpc) is 2.61. The van der Waals surface area contributed by atoms with Gasteiger partial charge in [-0.1, -0.05) is 39.7 Å². The molecular formula is C17H14Br2ClN3O3S. The third-order valence-electron chi connectivity index (χ3n) is 3.10. The van der Waals surface area contributed by atoms with E-state index in [4.69, 9.17) is 28.6 Å². The molecular weight excluding hydrogens is 522 g/mol. The van der Waals surface area contributed by atoms with E-state index in [2.05, 4.69) is 48.0 Å². The minimum Gasteiger partial charge on any atom is -0.483 e. The Bertz CT molecular complexity index is 850. The number of benzene rings is 2. The number of halogens is 3. The van der Waals surface area contributed by atoms with Crippen molar-refractivity contribution < 1.29 is 14.3 Å². The monoisotopic (exact) mass is 533 g/mol. The van der Waals surface area contributed by atoms with E-state index in [0.29, 0.717) is 15.2 Å². The van der Waals surface area contributed by atoms with E-state index in [-0.39, 0.29) is 24.0 Å². The topological polar surface area (TPSA) is 79.5 Å². The molecule has 0 spiro atoms. The Hall–Kier alpha value is -1.68. The summed E-state index contributed by atoms with van der Waals surface area (Å²) in [6, 6.07) is 12.2. The largest absolute Gasteiger partial charge is 0.483 e. The first-order valence-corrected chi connectivity index (χ1v) is 9.91. The Balaban J connectivity index is 1.70. The molecule has 142 valence electrons. The quantitative estimate of drug-likeness (QED) is 0.404. The van der Waals surface area contributed by atoms with Crippen LogP contribution < -0.4 is 20.9 Å². The number of rotatable bonds is 5. The lowest BCUT2D eigenvalue weighted by molar-refractivity contribution is -0.124. The summed E-state index contributed by atoms with van der Waals surface area (Å²) >= 11 is 17.4. The van der Waals surface area contributed by atoms with E-state index >= 15 is 0 Å². The third-order valence-corrected chi connectivity index (χ3v) is 4.67. The van der Waals surface area contributed by atoms with Gasteiger partial charge >= 0.3 is 0 Å². The first kappa shape index (κ1) is 21.6. The van der Waals surface area contributed by atoms with Gasteiger partial charge in [-0.15, -0.1) is 0 Å². The zero-order valence-corrected chi connectivity index (χ0v) is 18.5. The fourth-order valence-corrected chi connectivity index (χ4v) is 3.34. The molecule has 0 saturated carbocycles. The molecule has 0 aliphatic rings. The minimum atomic E-state index is -0.459. The molecule has 0 aliphatic heterocycles. The summed E-state index contributed by atoms with van der Waals surface area (Å²) in [5.74, 6) is -0.259. The number of hydrogen-bond donors (Lipinski definition) is 3.